The highest BCUT2D eigenvalue weighted by Crippen LogP contribution is 2.01. The fourth-order valence-electron chi connectivity index (χ4n) is 1.13. The topological polar surface area (TPSA) is 44.1 Å². The molecule has 0 aliphatic carbocycles. The lowest BCUT2D eigenvalue weighted by atomic mass is 10.2. The molecule has 13 heavy (non-hydrogen) atoms. The fraction of sp³-hybridized carbons (Fsp3) is 0.800. The molecule has 0 aliphatic heterocycles. The summed E-state index contributed by atoms with van der Waals surface area (Å²) in [6, 6.07) is 2.05. The summed E-state index contributed by atoms with van der Waals surface area (Å²) in [6.07, 6.45) is 3.05. The van der Waals surface area contributed by atoms with Gasteiger partial charge in [0.05, 0.1) is 12.5 Å². The van der Waals surface area contributed by atoms with E-state index in [-0.39, 0.29) is 5.91 Å². The van der Waals surface area contributed by atoms with Crippen molar-refractivity contribution in [1.82, 2.24) is 4.90 Å². The smallest absolute Gasteiger partial charge is 0.222 e. The molecule has 0 saturated carbocycles. The van der Waals surface area contributed by atoms with Crippen molar-refractivity contribution in [3.05, 3.63) is 0 Å². The summed E-state index contributed by atoms with van der Waals surface area (Å²) in [6.45, 7) is 5.31. The molecule has 0 aromatic rings. The Kier molecular flexibility index (Phi) is 6.99. The maximum absolute atomic E-state index is 11.5. The van der Waals surface area contributed by atoms with Gasteiger partial charge in [-0.3, -0.25) is 4.79 Å². The van der Waals surface area contributed by atoms with Crippen LogP contribution >= 0.6 is 0 Å². The summed E-state index contributed by atoms with van der Waals surface area (Å²) in [5, 5.41) is 8.38. The number of hydrogen-bond acceptors (Lipinski definition) is 2. The number of carbonyl (C=O) groups excluding carboxylic acids is 1. The van der Waals surface area contributed by atoms with E-state index in [9.17, 15) is 4.79 Å². The first kappa shape index (κ1) is 12.0. The van der Waals surface area contributed by atoms with E-state index in [1.54, 1.807) is 4.90 Å². The van der Waals surface area contributed by atoms with Crippen molar-refractivity contribution in [2.75, 3.05) is 13.1 Å². The van der Waals surface area contributed by atoms with Crippen molar-refractivity contribution in [1.29, 1.82) is 5.26 Å². The van der Waals surface area contributed by atoms with E-state index in [4.69, 9.17) is 5.26 Å². The van der Waals surface area contributed by atoms with Crippen LogP contribution in [0.5, 0.6) is 0 Å². The maximum atomic E-state index is 11.5. The van der Waals surface area contributed by atoms with Crippen molar-refractivity contribution in [2.24, 2.45) is 0 Å². The summed E-state index contributed by atoms with van der Waals surface area (Å²) in [4.78, 5) is 13.2. The molecule has 0 aromatic heterocycles. The second kappa shape index (κ2) is 7.60. The molecule has 0 heterocycles. The molecule has 0 spiro atoms. The number of amides is 1. The van der Waals surface area contributed by atoms with E-state index in [1.807, 2.05) is 13.0 Å². The van der Waals surface area contributed by atoms with Gasteiger partial charge in [0.25, 0.3) is 0 Å². The standard InChI is InChI=1S/C10H18N2O/c1-3-5-7-10(13)12(4-2)9-6-8-11/h3-7,9H2,1-2H3. The Morgan fingerprint density at radius 1 is 1.46 bits per heavy atom. The van der Waals surface area contributed by atoms with Gasteiger partial charge < -0.3 is 4.90 Å². The lowest BCUT2D eigenvalue weighted by Crippen LogP contribution is -2.31. The predicted molar refractivity (Wildman–Crippen MR) is 52.0 cm³/mol. The molecule has 3 heteroatoms. The minimum Gasteiger partial charge on any atom is -0.342 e. The van der Waals surface area contributed by atoms with Crippen LogP contribution in [0.2, 0.25) is 0 Å². The number of rotatable bonds is 6. The SMILES string of the molecule is CCCCC(=O)N(CC)CCC#N. The van der Waals surface area contributed by atoms with Crippen LogP contribution in [0.15, 0.2) is 0 Å². The van der Waals surface area contributed by atoms with Crippen molar-refractivity contribution >= 4 is 5.91 Å². The van der Waals surface area contributed by atoms with Gasteiger partial charge in [-0.2, -0.15) is 5.26 Å². The van der Waals surface area contributed by atoms with E-state index in [0.29, 0.717) is 25.9 Å². The lowest BCUT2D eigenvalue weighted by molar-refractivity contribution is -0.131. The van der Waals surface area contributed by atoms with Crippen molar-refractivity contribution in [3.63, 3.8) is 0 Å². The monoisotopic (exact) mass is 182 g/mol. The number of nitrogens with zero attached hydrogens (tertiary/aromatic N) is 2. The van der Waals surface area contributed by atoms with Gasteiger partial charge in [-0.05, 0) is 13.3 Å². The number of nitriles is 1. The van der Waals surface area contributed by atoms with Crippen molar-refractivity contribution in [2.45, 2.75) is 39.5 Å². The molecule has 3 nitrogen and oxygen atoms in total. The average Bonchev–Trinajstić information content (AvgIpc) is 2.16. The minimum absolute atomic E-state index is 0.180. The van der Waals surface area contributed by atoms with Crippen LogP contribution in [-0.4, -0.2) is 23.9 Å². The first-order valence-electron chi connectivity index (χ1n) is 4.91. The van der Waals surface area contributed by atoms with E-state index in [1.165, 1.54) is 0 Å². The highest BCUT2D eigenvalue weighted by atomic mass is 16.2. The second-order valence-electron chi connectivity index (χ2n) is 2.99. The highest BCUT2D eigenvalue weighted by molar-refractivity contribution is 5.76. The fourth-order valence-corrected chi connectivity index (χ4v) is 1.13. The Morgan fingerprint density at radius 2 is 2.15 bits per heavy atom. The lowest BCUT2D eigenvalue weighted by Gasteiger charge is -2.19. The third kappa shape index (κ3) is 5.24. The zero-order valence-electron chi connectivity index (χ0n) is 8.55. The normalized spacial score (nSPS) is 9.31. The molecule has 0 saturated heterocycles. The van der Waals surface area contributed by atoms with Gasteiger partial charge in [0, 0.05) is 19.5 Å². The van der Waals surface area contributed by atoms with Gasteiger partial charge in [0.1, 0.15) is 0 Å². The van der Waals surface area contributed by atoms with Crippen LogP contribution < -0.4 is 0 Å². The van der Waals surface area contributed by atoms with Crippen LogP contribution in [0.4, 0.5) is 0 Å². The minimum atomic E-state index is 0.180. The maximum Gasteiger partial charge on any atom is 0.222 e. The van der Waals surface area contributed by atoms with E-state index < -0.39 is 0 Å². The predicted octanol–water partition coefficient (Wildman–Crippen LogP) is 1.94. The van der Waals surface area contributed by atoms with Gasteiger partial charge in [-0.1, -0.05) is 13.3 Å². The van der Waals surface area contributed by atoms with E-state index in [0.717, 1.165) is 12.8 Å². The van der Waals surface area contributed by atoms with Crippen LogP contribution in [0.1, 0.15) is 39.5 Å². The van der Waals surface area contributed by atoms with Gasteiger partial charge in [0.15, 0.2) is 0 Å². The molecule has 0 aromatic carbocycles. The van der Waals surface area contributed by atoms with E-state index in [2.05, 4.69) is 6.92 Å². The first-order valence-corrected chi connectivity index (χ1v) is 4.91. The molecular formula is C10H18N2O. The van der Waals surface area contributed by atoms with Crippen LogP contribution in [0.3, 0.4) is 0 Å². The van der Waals surface area contributed by atoms with Crippen molar-refractivity contribution in [3.8, 4) is 6.07 Å². The number of unbranched alkanes of at least 4 members (excludes halogenated alkanes) is 1. The Morgan fingerprint density at radius 3 is 2.62 bits per heavy atom. The Hall–Kier alpha value is -1.04. The molecule has 0 fully saturated rings. The van der Waals surface area contributed by atoms with Gasteiger partial charge >= 0.3 is 0 Å². The second-order valence-corrected chi connectivity index (χ2v) is 2.99. The Balaban J connectivity index is 3.79. The Bertz CT molecular complexity index is 184. The zero-order valence-corrected chi connectivity index (χ0v) is 8.55. The number of carbonyl (C=O) groups is 1. The highest BCUT2D eigenvalue weighted by Gasteiger charge is 2.09. The summed E-state index contributed by atoms with van der Waals surface area (Å²) in [5.41, 5.74) is 0. The molecule has 0 atom stereocenters. The van der Waals surface area contributed by atoms with Crippen LogP contribution in [-0.2, 0) is 4.79 Å². The third-order valence-corrected chi connectivity index (χ3v) is 1.97. The zero-order chi connectivity index (χ0) is 10.1. The largest absolute Gasteiger partial charge is 0.342 e. The van der Waals surface area contributed by atoms with Crippen LogP contribution in [0.25, 0.3) is 0 Å². The molecule has 0 unspecified atom stereocenters. The van der Waals surface area contributed by atoms with Crippen LogP contribution in [0, 0.1) is 11.3 Å². The molecular weight excluding hydrogens is 164 g/mol. The number of hydrogen-bond donors (Lipinski definition) is 0. The molecule has 1 amide bonds. The van der Waals surface area contributed by atoms with Crippen molar-refractivity contribution < 1.29 is 4.79 Å². The Labute approximate surface area is 80.3 Å². The molecule has 0 N–H and O–H groups in total. The molecule has 0 bridgehead atoms. The quantitative estimate of drug-likeness (QED) is 0.630. The summed E-state index contributed by atoms with van der Waals surface area (Å²) in [7, 11) is 0. The summed E-state index contributed by atoms with van der Waals surface area (Å²) >= 11 is 0. The first-order chi connectivity index (χ1) is 6.26. The van der Waals surface area contributed by atoms with Gasteiger partial charge in [-0.25, -0.2) is 0 Å². The molecule has 0 aliphatic rings. The van der Waals surface area contributed by atoms with Gasteiger partial charge in [0.2, 0.25) is 5.91 Å². The average molecular weight is 182 g/mol. The third-order valence-electron chi connectivity index (χ3n) is 1.97. The molecule has 74 valence electrons. The molecule has 0 radical (unpaired) electrons. The molecule has 0 rings (SSSR count). The van der Waals surface area contributed by atoms with Gasteiger partial charge in [-0.15, -0.1) is 0 Å². The van der Waals surface area contributed by atoms with E-state index >= 15 is 0 Å². The summed E-state index contributed by atoms with van der Waals surface area (Å²) < 4.78 is 0. The summed E-state index contributed by atoms with van der Waals surface area (Å²) in [5.74, 6) is 0.180.